The van der Waals surface area contributed by atoms with Crippen LogP contribution in [0.5, 0.6) is 0 Å². The van der Waals surface area contributed by atoms with Gasteiger partial charge in [0.15, 0.2) is 0 Å². The van der Waals surface area contributed by atoms with Gasteiger partial charge in [-0.25, -0.2) is 4.39 Å². The predicted molar refractivity (Wildman–Crippen MR) is 67.0 cm³/mol. The zero-order valence-electron chi connectivity index (χ0n) is 8.39. The van der Waals surface area contributed by atoms with Crippen molar-refractivity contribution in [2.75, 3.05) is 11.9 Å². The molecule has 0 amide bonds. The van der Waals surface area contributed by atoms with Crippen molar-refractivity contribution in [2.24, 2.45) is 0 Å². The minimum Gasteiger partial charge on any atom is -0.480 e. The number of hydrogen-bond donors (Lipinski definition) is 2. The summed E-state index contributed by atoms with van der Waals surface area (Å²) < 4.78 is 12.1. The highest BCUT2D eigenvalue weighted by Crippen LogP contribution is 2.25. The van der Waals surface area contributed by atoms with Crippen LogP contribution in [0, 0.1) is 15.9 Å². The summed E-state index contributed by atoms with van der Waals surface area (Å²) in [6.45, 7) is 0.0162. The number of hydrogen-bond acceptors (Lipinski definition) is 4. The van der Waals surface area contributed by atoms with Gasteiger partial charge in [0.2, 0.25) is 0 Å². The molecule has 1 rings (SSSR count). The van der Waals surface area contributed by atoms with Crippen molar-refractivity contribution in [2.45, 2.75) is 3.92 Å². The molecule has 0 aliphatic carbocycles. The van der Waals surface area contributed by atoms with E-state index >= 15 is 0 Å². The third kappa shape index (κ3) is 3.80. The minimum atomic E-state index is -1.03. The highest BCUT2D eigenvalue weighted by Gasteiger charge is 2.17. The molecule has 0 saturated heterocycles. The molecule has 2 N–H and O–H groups in total. The molecule has 0 aromatic heterocycles. The van der Waals surface area contributed by atoms with Gasteiger partial charge in [-0.2, -0.15) is 0 Å². The largest absolute Gasteiger partial charge is 0.480 e. The lowest BCUT2D eigenvalue weighted by Gasteiger charge is -2.08. The van der Waals surface area contributed by atoms with Crippen molar-refractivity contribution in [1.29, 1.82) is 0 Å². The van der Waals surface area contributed by atoms with Crippen molar-refractivity contribution < 1.29 is 19.2 Å². The Morgan fingerprint density at radius 1 is 1.65 bits per heavy atom. The maximum Gasteiger partial charge on any atom is 0.318 e. The van der Waals surface area contributed by atoms with Gasteiger partial charge in [-0.1, -0.05) is 22.6 Å². The maximum absolute atomic E-state index is 12.8. The molecule has 0 aliphatic heterocycles. The first-order valence-electron chi connectivity index (χ1n) is 4.46. The molecule has 0 saturated carbocycles. The van der Waals surface area contributed by atoms with Crippen LogP contribution in [0.3, 0.4) is 0 Å². The average molecular weight is 354 g/mol. The van der Waals surface area contributed by atoms with Gasteiger partial charge >= 0.3 is 5.97 Å². The second-order valence-corrected chi connectivity index (χ2v) is 4.61. The molecule has 17 heavy (non-hydrogen) atoms. The molecule has 0 radical (unpaired) electrons. The third-order valence-corrected chi connectivity index (χ3v) is 2.87. The van der Waals surface area contributed by atoms with Gasteiger partial charge in [0.25, 0.3) is 5.69 Å². The highest BCUT2D eigenvalue weighted by atomic mass is 127. The summed E-state index contributed by atoms with van der Waals surface area (Å²) in [7, 11) is 0. The topological polar surface area (TPSA) is 92.5 Å². The summed E-state index contributed by atoms with van der Waals surface area (Å²) in [5, 5.41) is 21.9. The zero-order valence-corrected chi connectivity index (χ0v) is 10.5. The number of aliphatic carboxylic acids is 1. The van der Waals surface area contributed by atoms with E-state index in [9.17, 15) is 19.3 Å². The zero-order chi connectivity index (χ0) is 13.0. The molecule has 1 aromatic rings. The van der Waals surface area contributed by atoms with Crippen molar-refractivity contribution in [3.8, 4) is 0 Å². The molecule has 1 aromatic carbocycles. The number of carboxylic acid groups (broad SMARTS) is 1. The van der Waals surface area contributed by atoms with Gasteiger partial charge in [0.1, 0.15) is 15.4 Å². The number of nitrogens with one attached hydrogen (secondary N) is 1. The summed E-state index contributed by atoms with van der Waals surface area (Å²) >= 11 is 1.69. The Hall–Kier alpha value is -1.45. The number of carboxylic acids is 1. The maximum atomic E-state index is 12.8. The molecule has 92 valence electrons. The number of nitrogens with zero attached hydrogens (tertiary/aromatic N) is 1. The Kier molecular flexibility index (Phi) is 4.61. The number of carbonyl (C=O) groups is 1. The summed E-state index contributed by atoms with van der Waals surface area (Å²) in [5.41, 5.74) is -0.321. The number of nitro groups is 1. The van der Waals surface area contributed by atoms with E-state index in [4.69, 9.17) is 5.11 Å². The second-order valence-electron chi connectivity index (χ2n) is 3.11. The lowest BCUT2D eigenvalue weighted by Crippen LogP contribution is -2.22. The van der Waals surface area contributed by atoms with Crippen LogP contribution in [-0.2, 0) is 4.79 Å². The molecular weight excluding hydrogens is 346 g/mol. The van der Waals surface area contributed by atoms with Gasteiger partial charge in [-0.05, 0) is 12.1 Å². The van der Waals surface area contributed by atoms with Crippen LogP contribution in [0.1, 0.15) is 0 Å². The first-order chi connectivity index (χ1) is 7.91. The number of alkyl halides is 1. The molecule has 6 nitrogen and oxygen atoms in total. The van der Waals surface area contributed by atoms with Gasteiger partial charge in [0.05, 0.1) is 11.0 Å². The first kappa shape index (κ1) is 13.6. The van der Waals surface area contributed by atoms with Crippen LogP contribution >= 0.6 is 22.6 Å². The molecule has 0 bridgehead atoms. The van der Waals surface area contributed by atoms with E-state index < -0.39 is 26.3 Å². The normalized spacial score (nSPS) is 11.9. The molecule has 1 atom stereocenters. The lowest BCUT2D eigenvalue weighted by atomic mass is 10.2. The van der Waals surface area contributed by atoms with Crippen molar-refractivity contribution in [1.82, 2.24) is 0 Å². The van der Waals surface area contributed by atoms with Crippen LogP contribution < -0.4 is 5.32 Å². The van der Waals surface area contributed by atoms with Crippen LogP contribution in [0.2, 0.25) is 0 Å². The van der Waals surface area contributed by atoms with Crippen molar-refractivity contribution in [3.63, 3.8) is 0 Å². The van der Waals surface area contributed by atoms with E-state index in [-0.39, 0.29) is 12.2 Å². The van der Waals surface area contributed by atoms with E-state index in [1.807, 2.05) is 0 Å². The first-order valence-corrected chi connectivity index (χ1v) is 5.71. The minimum absolute atomic E-state index is 0.0162. The Bertz CT molecular complexity index is 455. The fraction of sp³-hybridized carbons (Fsp3) is 0.222. The fourth-order valence-corrected chi connectivity index (χ4v) is 1.31. The standard InChI is InChI=1S/C9H8FIN2O4/c10-5-1-2-7(8(3-5)13(16)17)12-4-6(11)9(14)15/h1-3,6,12H,4H2,(H,14,15). The van der Waals surface area contributed by atoms with Crippen molar-refractivity contribution in [3.05, 3.63) is 34.1 Å². The summed E-state index contributed by atoms with van der Waals surface area (Å²) in [4.78, 5) is 20.5. The van der Waals surface area contributed by atoms with Gasteiger partial charge in [-0.3, -0.25) is 14.9 Å². The lowest BCUT2D eigenvalue weighted by molar-refractivity contribution is -0.384. The van der Waals surface area contributed by atoms with Crippen molar-refractivity contribution >= 4 is 39.9 Å². The highest BCUT2D eigenvalue weighted by molar-refractivity contribution is 14.1. The molecule has 0 aliphatic rings. The number of halogens is 2. The van der Waals surface area contributed by atoms with Crippen LogP contribution in [-0.4, -0.2) is 26.5 Å². The monoisotopic (exact) mass is 354 g/mol. The van der Waals surface area contributed by atoms with E-state index in [1.165, 1.54) is 6.07 Å². The van der Waals surface area contributed by atoms with E-state index in [2.05, 4.69) is 5.32 Å². The number of anilines is 1. The Morgan fingerprint density at radius 2 is 2.29 bits per heavy atom. The molecule has 8 heteroatoms. The number of nitro benzene ring substituents is 1. The van der Waals surface area contributed by atoms with Gasteiger partial charge < -0.3 is 10.4 Å². The Balaban J connectivity index is 2.84. The van der Waals surface area contributed by atoms with Crippen LogP contribution in [0.25, 0.3) is 0 Å². The Morgan fingerprint density at radius 3 is 2.82 bits per heavy atom. The Labute approximate surface area is 109 Å². The van der Waals surface area contributed by atoms with Crippen LogP contribution in [0.4, 0.5) is 15.8 Å². The molecular formula is C9H8FIN2O4. The number of benzene rings is 1. The summed E-state index contributed by atoms with van der Waals surface area (Å²) in [6.07, 6.45) is 0. The van der Waals surface area contributed by atoms with Gasteiger partial charge in [0, 0.05) is 6.54 Å². The average Bonchev–Trinajstić information content (AvgIpc) is 2.26. The second kappa shape index (κ2) is 5.75. The quantitative estimate of drug-likeness (QED) is 0.365. The van der Waals surface area contributed by atoms with E-state index in [1.54, 1.807) is 22.6 Å². The fourth-order valence-electron chi connectivity index (χ4n) is 1.09. The molecule has 1 unspecified atom stereocenters. The smallest absolute Gasteiger partial charge is 0.318 e. The van der Waals surface area contributed by atoms with E-state index in [0.29, 0.717) is 0 Å². The summed E-state index contributed by atoms with van der Waals surface area (Å²) in [6, 6.07) is 3.06. The molecule has 0 fully saturated rings. The van der Waals surface area contributed by atoms with Crippen LogP contribution in [0.15, 0.2) is 18.2 Å². The van der Waals surface area contributed by atoms with E-state index in [0.717, 1.165) is 12.1 Å². The third-order valence-electron chi connectivity index (χ3n) is 1.90. The summed E-state index contributed by atoms with van der Waals surface area (Å²) in [5.74, 6) is -1.74. The molecule has 0 spiro atoms. The van der Waals surface area contributed by atoms with Gasteiger partial charge in [-0.15, -0.1) is 0 Å². The number of rotatable bonds is 5. The predicted octanol–water partition coefficient (Wildman–Crippen LogP) is 2.03. The SMILES string of the molecule is O=C(O)C(I)CNc1ccc(F)cc1[N+](=O)[O-]. The molecule has 0 heterocycles.